The highest BCUT2D eigenvalue weighted by Gasteiger charge is 2.25. The third kappa shape index (κ3) is 3.47. The van der Waals surface area contributed by atoms with Crippen LogP contribution in [0.25, 0.3) is 0 Å². The van der Waals surface area contributed by atoms with Crippen LogP contribution in [-0.2, 0) is 14.8 Å². The molecule has 0 bridgehead atoms. The fourth-order valence-electron chi connectivity index (χ4n) is 1.78. The molecule has 1 aromatic heterocycles. The predicted molar refractivity (Wildman–Crippen MR) is 78.2 cm³/mol. The van der Waals surface area contributed by atoms with Gasteiger partial charge < -0.3 is 5.32 Å². The lowest BCUT2D eigenvalue weighted by Crippen LogP contribution is -2.35. The van der Waals surface area contributed by atoms with Crippen LogP contribution < -0.4 is 5.32 Å². The molecule has 112 valence electrons. The van der Waals surface area contributed by atoms with Crippen molar-refractivity contribution >= 4 is 21.6 Å². The lowest BCUT2D eigenvalue weighted by molar-refractivity contribution is -0.116. The molecule has 2 aromatic rings. The van der Waals surface area contributed by atoms with E-state index in [-0.39, 0.29) is 11.4 Å². The average Bonchev–Trinajstić information content (AvgIpc) is 2.86. The van der Waals surface area contributed by atoms with Crippen molar-refractivity contribution < 1.29 is 13.2 Å². The van der Waals surface area contributed by atoms with Crippen molar-refractivity contribution in [3.05, 3.63) is 42.2 Å². The fraction of sp³-hybridized carbons (Fsp3) is 0.231. The number of para-hydroxylation sites is 1. The maximum Gasteiger partial charge on any atom is 0.246 e. The first-order valence-corrected chi connectivity index (χ1v) is 7.66. The minimum Gasteiger partial charge on any atom is -0.325 e. The van der Waals surface area contributed by atoms with Crippen molar-refractivity contribution in [1.29, 1.82) is 0 Å². The van der Waals surface area contributed by atoms with E-state index in [0.717, 1.165) is 4.31 Å². The number of sulfonamides is 1. The molecule has 1 aromatic carbocycles. The van der Waals surface area contributed by atoms with Crippen LogP contribution in [0.4, 0.5) is 5.69 Å². The number of hydrogen-bond donors (Lipinski definition) is 2. The Morgan fingerprint density at radius 3 is 2.57 bits per heavy atom. The van der Waals surface area contributed by atoms with E-state index < -0.39 is 15.9 Å². The number of H-pyrrole nitrogens is 1. The van der Waals surface area contributed by atoms with Gasteiger partial charge in [0.05, 0.1) is 18.4 Å². The molecule has 8 heteroatoms. The topological polar surface area (TPSA) is 95.2 Å². The van der Waals surface area contributed by atoms with Crippen molar-refractivity contribution in [2.24, 2.45) is 0 Å². The Morgan fingerprint density at radius 1 is 1.33 bits per heavy atom. The van der Waals surface area contributed by atoms with E-state index in [1.807, 2.05) is 6.07 Å². The zero-order valence-electron chi connectivity index (χ0n) is 11.7. The molecule has 0 atom stereocenters. The first-order chi connectivity index (χ1) is 9.91. The smallest absolute Gasteiger partial charge is 0.246 e. The highest BCUT2D eigenvalue weighted by atomic mass is 32.2. The summed E-state index contributed by atoms with van der Waals surface area (Å²) in [6.45, 7) is 1.33. The number of rotatable bonds is 5. The Balaban J connectivity index is 2.06. The van der Waals surface area contributed by atoms with Crippen molar-refractivity contribution in [3.8, 4) is 0 Å². The van der Waals surface area contributed by atoms with Crippen molar-refractivity contribution in [1.82, 2.24) is 14.5 Å². The van der Waals surface area contributed by atoms with E-state index >= 15 is 0 Å². The predicted octanol–water partition coefficient (Wildman–Crippen LogP) is 0.977. The van der Waals surface area contributed by atoms with Crippen LogP contribution in [0.2, 0.25) is 0 Å². The number of benzene rings is 1. The molecule has 0 saturated heterocycles. The molecule has 1 heterocycles. The lowest BCUT2D eigenvalue weighted by Gasteiger charge is -2.16. The molecule has 0 aliphatic rings. The summed E-state index contributed by atoms with van der Waals surface area (Å²) < 4.78 is 25.6. The summed E-state index contributed by atoms with van der Waals surface area (Å²) in [5.74, 6) is -0.409. The van der Waals surface area contributed by atoms with Gasteiger partial charge in [0.25, 0.3) is 0 Å². The molecular formula is C13H16N4O3S. The molecule has 21 heavy (non-hydrogen) atoms. The van der Waals surface area contributed by atoms with Gasteiger partial charge in [0.15, 0.2) is 0 Å². The molecule has 2 rings (SSSR count). The van der Waals surface area contributed by atoms with E-state index in [1.165, 1.54) is 13.2 Å². The first kappa shape index (κ1) is 15.2. The third-order valence-corrected chi connectivity index (χ3v) is 4.81. The van der Waals surface area contributed by atoms with E-state index in [9.17, 15) is 13.2 Å². The number of likely N-dealkylation sites (N-methyl/N-ethyl adjacent to an activating group) is 1. The monoisotopic (exact) mass is 308 g/mol. The zero-order valence-corrected chi connectivity index (χ0v) is 12.5. The third-order valence-electron chi connectivity index (χ3n) is 2.90. The van der Waals surface area contributed by atoms with Crippen molar-refractivity contribution in [2.75, 3.05) is 18.9 Å². The second-order valence-electron chi connectivity index (χ2n) is 4.53. The number of carbonyl (C=O) groups excluding carboxylic acids is 1. The number of aromatic nitrogens is 2. The second kappa shape index (κ2) is 6.06. The molecule has 0 radical (unpaired) electrons. The molecule has 0 saturated carbocycles. The Labute approximate surface area is 123 Å². The molecule has 2 N–H and O–H groups in total. The molecular weight excluding hydrogens is 292 g/mol. The standard InChI is InChI=1S/C13H16N4O3S/c1-10-12(8-14-16-10)21(19,20)17(2)9-13(18)15-11-6-4-3-5-7-11/h3-8H,9H2,1-2H3,(H,14,16)(H,15,18). The number of carbonyl (C=O) groups is 1. The molecule has 7 nitrogen and oxygen atoms in total. The maximum absolute atomic E-state index is 12.3. The minimum atomic E-state index is -3.73. The number of aromatic amines is 1. The van der Waals surface area contributed by atoms with Gasteiger partial charge in [0, 0.05) is 12.7 Å². The number of nitrogens with zero attached hydrogens (tertiary/aromatic N) is 2. The highest BCUT2D eigenvalue weighted by Crippen LogP contribution is 2.16. The number of hydrogen-bond acceptors (Lipinski definition) is 4. The van der Waals surface area contributed by atoms with Gasteiger partial charge in [-0.25, -0.2) is 8.42 Å². The van der Waals surface area contributed by atoms with Gasteiger partial charge in [0.1, 0.15) is 4.90 Å². The quantitative estimate of drug-likeness (QED) is 0.860. The summed E-state index contributed by atoms with van der Waals surface area (Å²) in [4.78, 5) is 12.0. The van der Waals surface area contributed by atoms with Crippen LogP contribution >= 0.6 is 0 Å². The maximum atomic E-state index is 12.3. The fourth-order valence-corrected chi connectivity index (χ4v) is 3.02. The number of anilines is 1. The molecule has 0 unspecified atom stereocenters. The van der Waals surface area contributed by atoms with E-state index in [1.54, 1.807) is 31.2 Å². The van der Waals surface area contributed by atoms with Crippen LogP contribution in [0.15, 0.2) is 41.4 Å². The van der Waals surface area contributed by atoms with Crippen LogP contribution in [0, 0.1) is 6.92 Å². The van der Waals surface area contributed by atoms with Crippen LogP contribution in [0.1, 0.15) is 5.69 Å². The summed E-state index contributed by atoms with van der Waals surface area (Å²) >= 11 is 0. The SMILES string of the molecule is Cc1[nH]ncc1S(=O)(=O)N(C)CC(=O)Nc1ccccc1. The van der Waals surface area contributed by atoms with Gasteiger partial charge in [-0.15, -0.1) is 0 Å². The highest BCUT2D eigenvalue weighted by molar-refractivity contribution is 7.89. The van der Waals surface area contributed by atoms with Gasteiger partial charge in [-0.3, -0.25) is 9.89 Å². The number of amides is 1. The largest absolute Gasteiger partial charge is 0.325 e. The minimum absolute atomic E-state index is 0.0671. The number of aryl methyl sites for hydroxylation is 1. The van der Waals surface area contributed by atoms with Gasteiger partial charge in [-0.1, -0.05) is 18.2 Å². The Bertz CT molecular complexity index is 725. The summed E-state index contributed by atoms with van der Waals surface area (Å²) in [5.41, 5.74) is 1.05. The first-order valence-electron chi connectivity index (χ1n) is 6.22. The Hall–Kier alpha value is -2.19. The van der Waals surface area contributed by atoms with Crippen molar-refractivity contribution in [2.45, 2.75) is 11.8 Å². The van der Waals surface area contributed by atoms with E-state index in [0.29, 0.717) is 11.4 Å². The lowest BCUT2D eigenvalue weighted by atomic mass is 10.3. The Kier molecular flexibility index (Phi) is 4.39. The average molecular weight is 308 g/mol. The molecule has 0 aliphatic heterocycles. The van der Waals surface area contributed by atoms with Crippen LogP contribution in [-0.4, -0.2) is 42.4 Å². The summed E-state index contributed by atoms with van der Waals surface area (Å²) in [7, 11) is -2.38. The van der Waals surface area contributed by atoms with E-state index in [4.69, 9.17) is 0 Å². The normalized spacial score (nSPS) is 11.6. The van der Waals surface area contributed by atoms with Gasteiger partial charge in [-0.2, -0.15) is 9.40 Å². The summed E-state index contributed by atoms with van der Waals surface area (Å²) in [6.07, 6.45) is 1.23. The van der Waals surface area contributed by atoms with Gasteiger partial charge in [-0.05, 0) is 19.1 Å². The molecule has 0 spiro atoms. The zero-order chi connectivity index (χ0) is 15.5. The van der Waals surface area contributed by atoms with Crippen LogP contribution in [0.3, 0.4) is 0 Å². The number of nitrogens with one attached hydrogen (secondary N) is 2. The second-order valence-corrected chi connectivity index (χ2v) is 6.55. The summed E-state index contributed by atoms with van der Waals surface area (Å²) in [6, 6.07) is 8.85. The van der Waals surface area contributed by atoms with Gasteiger partial charge in [0.2, 0.25) is 15.9 Å². The molecule has 0 fully saturated rings. The van der Waals surface area contributed by atoms with Gasteiger partial charge >= 0.3 is 0 Å². The summed E-state index contributed by atoms with van der Waals surface area (Å²) in [5, 5.41) is 8.89. The molecule has 1 amide bonds. The Morgan fingerprint density at radius 2 is 2.00 bits per heavy atom. The van der Waals surface area contributed by atoms with Crippen molar-refractivity contribution in [3.63, 3.8) is 0 Å². The van der Waals surface area contributed by atoms with E-state index in [2.05, 4.69) is 15.5 Å². The van der Waals surface area contributed by atoms with Crippen LogP contribution in [0.5, 0.6) is 0 Å². The molecule has 0 aliphatic carbocycles.